The number of benzene rings is 1. The van der Waals surface area contributed by atoms with Gasteiger partial charge in [0.25, 0.3) is 0 Å². The fourth-order valence-electron chi connectivity index (χ4n) is 3.35. The molecule has 0 amide bonds. The number of rotatable bonds is 6. The third-order valence-electron chi connectivity index (χ3n) is 4.60. The molecule has 1 saturated carbocycles. The van der Waals surface area contributed by atoms with Gasteiger partial charge in [0.2, 0.25) is 0 Å². The summed E-state index contributed by atoms with van der Waals surface area (Å²) in [6, 6.07) is 5.99. The van der Waals surface area contributed by atoms with E-state index in [4.69, 9.17) is 13.9 Å². The molecule has 25 heavy (non-hydrogen) atoms. The molecule has 1 fully saturated rings. The van der Waals surface area contributed by atoms with Gasteiger partial charge in [-0.3, -0.25) is 0 Å². The van der Waals surface area contributed by atoms with Gasteiger partial charge in [-0.15, -0.1) is 0 Å². The molecule has 0 saturated heterocycles. The van der Waals surface area contributed by atoms with E-state index in [0.717, 1.165) is 5.39 Å². The Hall–Kier alpha value is -1.72. The average molecular weight is 367 g/mol. The van der Waals surface area contributed by atoms with Crippen molar-refractivity contribution in [2.24, 2.45) is 0 Å². The Morgan fingerprint density at radius 1 is 1.28 bits per heavy atom. The van der Waals surface area contributed by atoms with Gasteiger partial charge in [0, 0.05) is 11.4 Å². The van der Waals surface area contributed by atoms with Crippen LogP contribution < -0.4 is 22.5 Å². The Morgan fingerprint density at radius 3 is 2.72 bits per heavy atom. The van der Waals surface area contributed by atoms with E-state index in [9.17, 15) is 4.79 Å². The lowest BCUT2D eigenvalue weighted by Crippen LogP contribution is -3.00. The maximum absolute atomic E-state index is 12.4. The van der Waals surface area contributed by atoms with Crippen LogP contribution in [0.2, 0.25) is 0 Å². The topological polar surface area (TPSA) is 60.7 Å². The first kappa shape index (κ1) is 19.6. The van der Waals surface area contributed by atoms with Crippen LogP contribution in [0.25, 0.3) is 11.0 Å². The molecular formula is C19H25ClNO4-. The smallest absolute Gasteiger partial charge is 0.342 e. The summed E-state index contributed by atoms with van der Waals surface area (Å²) in [5.41, 5.74) is 1.19. The molecule has 2 aromatic rings. The molecule has 1 N–H and O–H groups in total. The van der Waals surface area contributed by atoms with E-state index in [1.807, 2.05) is 18.2 Å². The number of fused-ring (bicyclic) bond motifs is 1. The molecule has 138 valence electrons. The molecule has 0 radical (unpaired) electrons. The van der Waals surface area contributed by atoms with Crippen molar-refractivity contribution in [2.45, 2.75) is 51.6 Å². The second kappa shape index (κ2) is 9.11. The number of esters is 1. The van der Waals surface area contributed by atoms with Gasteiger partial charge in [0.1, 0.15) is 22.7 Å². The number of hydrogen-bond donors (Lipinski definition) is 1. The van der Waals surface area contributed by atoms with Crippen LogP contribution in [-0.2, 0) is 11.3 Å². The van der Waals surface area contributed by atoms with Crippen molar-refractivity contribution < 1.29 is 31.1 Å². The highest BCUT2D eigenvalue weighted by Crippen LogP contribution is 2.30. The summed E-state index contributed by atoms with van der Waals surface area (Å²) in [5.74, 6) is 0.993. The van der Waals surface area contributed by atoms with Gasteiger partial charge >= 0.3 is 5.97 Å². The van der Waals surface area contributed by atoms with Crippen LogP contribution in [-0.4, -0.2) is 25.7 Å². The summed E-state index contributed by atoms with van der Waals surface area (Å²) < 4.78 is 16.4. The van der Waals surface area contributed by atoms with Crippen LogP contribution in [0, 0.1) is 0 Å². The van der Waals surface area contributed by atoms with Crippen molar-refractivity contribution in [1.29, 1.82) is 0 Å². The van der Waals surface area contributed by atoms with E-state index in [1.54, 1.807) is 14.0 Å². The number of halogens is 1. The number of hydrogen-bond acceptors (Lipinski definition) is 5. The Bertz CT molecular complexity index is 707. The van der Waals surface area contributed by atoms with Crippen LogP contribution in [0.15, 0.2) is 22.6 Å². The molecule has 1 aromatic carbocycles. The normalized spacial score (nSPS) is 15.0. The van der Waals surface area contributed by atoms with Crippen molar-refractivity contribution in [3.05, 3.63) is 29.5 Å². The summed E-state index contributed by atoms with van der Waals surface area (Å²) in [4.78, 5) is 12.4. The molecule has 1 aliphatic rings. The molecule has 0 atom stereocenters. The average Bonchev–Trinajstić information content (AvgIpc) is 2.98. The highest BCUT2D eigenvalue weighted by molar-refractivity contribution is 6.05. The first-order valence-corrected chi connectivity index (χ1v) is 8.72. The highest BCUT2D eigenvalue weighted by atomic mass is 35.5. The second-order valence-corrected chi connectivity index (χ2v) is 6.20. The lowest BCUT2D eigenvalue weighted by molar-refractivity contribution is -0.0000245. The standard InChI is InChI=1S/C19H25NO4.ClH/c1-3-23-19(21)18-15-11-14(22-2)9-10-16(15)24-17(18)12-20-13-7-5-4-6-8-13;/h9-11,13,20H,3-8,12H2,1-2H3;1H/p-1. The Morgan fingerprint density at radius 2 is 2.04 bits per heavy atom. The number of ether oxygens (including phenoxy) is 2. The third kappa shape index (κ3) is 4.47. The lowest BCUT2D eigenvalue weighted by Gasteiger charge is -2.22. The van der Waals surface area contributed by atoms with Gasteiger partial charge in [0.05, 0.1) is 20.3 Å². The number of furan rings is 1. The van der Waals surface area contributed by atoms with Gasteiger partial charge in [-0.2, -0.15) is 0 Å². The molecule has 1 heterocycles. The zero-order chi connectivity index (χ0) is 16.9. The molecule has 6 heteroatoms. The number of carbonyl (C=O) groups is 1. The van der Waals surface area contributed by atoms with Crippen LogP contribution in [0.5, 0.6) is 5.75 Å². The molecule has 1 aliphatic carbocycles. The van der Waals surface area contributed by atoms with E-state index < -0.39 is 0 Å². The summed E-state index contributed by atoms with van der Waals surface area (Å²) in [5, 5.41) is 4.28. The van der Waals surface area contributed by atoms with E-state index in [-0.39, 0.29) is 18.4 Å². The zero-order valence-electron chi connectivity index (χ0n) is 14.8. The predicted octanol–water partition coefficient (Wildman–Crippen LogP) is 1.04. The van der Waals surface area contributed by atoms with Gasteiger partial charge in [-0.25, -0.2) is 4.79 Å². The van der Waals surface area contributed by atoms with E-state index in [1.165, 1.54) is 32.1 Å². The Kier molecular flexibility index (Phi) is 7.14. The van der Waals surface area contributed by atoms with E-state index in [2.05, 4.69) is 5.32 Å². The SMILES string of the molecule is CCOC(=O)c1c(CNC2CCCCC2)oc2ccc(OC)cc12.[Cl-]. The minimum absolute atomic E-state index is 0. The van der Waals surface area contributed by atoms with Crippen molar-refractivity contribution in [2.75, 3.05) is 13.7 Å². The fraction of sp³-hybridized carbons (Fsp3) is 0.526. The number of methoxy groups -OCH3 is 1. The Balaban J connectivity index is 0.00000225. The molecular weight excluding hydrogens is 342 g/mol. The molecule has 5 nitrogen and oxygen atoms in total. The minimum atomic E-state index is -0.343. The van der Waals surface area contributed by atoms with Crippen LogP contribution in [0.3, 0.4) is 0 Å². The van der Waals surface area contributed by atoms with E-state index >= 15 is 0 Å². The van der Waals surface area contributed by atoms with Gasteiger partial charge in [-0.1, -0.05) is 19.3 Å². The molecule has 0 spiro atoms. The summed E-state index contributed by atoms with van der Waals surface area (Å²) >= 11 is 0. The van der Waals surface area contributed by atoms with Crippen LogP contribution in [0.4, 0.5) is 0 Å². The summed E-state index contributed by atoms with van der Waals surface area (Å²) in [6.45, 7) is 2.68. The lowest BCUT2D eigenvalue weighted by atomic mass is 9.95. The van der Waals surface area contributed by atoms with Crippen LogP contribution in [0.1, 0.15) is 55.1 Å². The van der Waals surface area contributed by atoms with E-state index in [0.29, 0.717) is 41.8 Å². The maximum atomic E-state index is 12.4. The largest absolute Gasteiger partial charge is 1.00 e. The van der Waals surface area contributed by atoms with Crippen molar-refractivity contribution in [1.82, 2.24) is 5.32 Å². The van der Waals surface area contributed by atoms with Crippen molar-refractivity contribution >= 4 is 16.9 Å². The fourth-order valence-corrected chi connectivity index (χ4v) is 3.35. The quantitative estimate of drug-likeness (QED) is 0.774. The van der Waals surface area contributed by atoms with Crippen LogP contribution >= 0.6 is 0 Å². The summed E-state index contributed by atoms with van der Waals surface area (Å²) in [7, 11) is 1.61. The monoisotopic (exact) mass is 366 g/mol. The predicted molar refractivity (Wildman–Crippen MR) is 92.4 cm³/mol. The highest BCUT2D eigenvalue weighted by Gasteiger charge is 2.23. The third-order valence-corrected chi connectivity index (χ3v) is 4.60. The molecule has 3 rings (SSSR count). The second-order valence-electron chi connectivity index (χ2n) is 6.20. The first-order valence-electron chi connectivity index (χ1n) is 8.72. The summed E-state index contributed by atoms with van der Waals surface area (Å²) in [6.07, 6.45) is 6.21. The Labute approximate surface area is 154 Å². The number of carbonyl (C=O) groups excluding carboxylic acids is 1. The van der Waals surface area contributed by atoms with Gasteiger partial charge in [-0.05, 0) is 38.0 Å². The van der Waals surface area contributed by atoms with Crippen molar-refractivity contribution in [3.8, 4) is 5.75 Å². The maximum Gasteiger partial charge on any atom is 0.342 e. The molecule has 1 aromatic heterocycles. The van der Waals surface area contributed by atoms with Gasteiger partial charge in [0.15, 0.2) is 0 Å². The zero-order valence-corrected chi connectivity index (χ0v) is 15.5. The van der Waals surface area contributed by atoms with Crippen molar-refractivity contribution in [3.63, 3.8) is 0 Å². The number of nitrogens with one attached hydrogen (secondary N) is 1. The minimum Gasteiger partial charge on any atom is -1.00 e. The molecule has 0 bridgehead atoms. The van der Waals surface area contributed by atoms with Gasteiger partial charge < -0.3 is 31.6 Å². The molecule has 0 unspecified atom stereocenters. The first-order chi connectivity index (χ1) is 11.7. The molecule has 0 aliphatic heterocycles.